The molecular formula is C27H53NO9. The number of hydrogen-bond acceptors (Lipinski definition) is 9. The van der Waals surface area contributed by atoms with Crippen molar-refractivity contribution in [2.45, 2.75) is 58.8 Å². The number of rotatable bonds is 30. The first-order valence-electron chi connectivity index (χ1n) is 13.8. The Hall–Kier alpha value is -1.14. The number of carbonyl (C=O) groups is 2. The van der Waals surface area contributed by atoms with Crippen molar-refractivity contribution in [3.8, 4) is 0 Å². The zero-order chi connectivity index (χ0) is 27.2. The van der Waals surface area contributed by atoms with E-state index in [1.165, 1.54) is 19.3 Å². The van der Waals surface area contributed by atoms with Gasteiger partial charge in [0, 0.05) is 32.6 Å². The molecule has 220 valence electrons. The van der Waals surface area contributed by atoms with Crippen molar-refractivity contribution in [1.82, 2.24) is 5.32 Å². The fraction of sp³-hybridized carbons (Fsp3) is 0.926. The van der Waals surface area contributed by atoms with Gasteiger partial charge in [0.2, 0.25) is 5.91 Å². The summed E-state index contributed by atoms with van der Waals surface area (Å²) >= 11 is 0. The number of unbranched alkanes of at least 4 members (excludes halogenated alkanes) is 5. The van der Waals surface area contributed by atoms with Gasteiger partial charge < -0.3 is 38.5 Å². The second-order valence-corrected chi connectivity index (χ2v) is 8.95. The molecule has 0 atom stereocenters. The normalized spacial score (nSPS) is 11.4. The van der Waals surface area contributed by atoms with Crippen molar-refractivity contribution in [1.29, 1.82) is 0 Å². The van der Waals surface area contributed by atoms with Crippen LogP contribution >= 0.6 is 0 Å². The highest BCUT2D eigenvalue weighted by Crippen LogP contribution is 2.07. The molecule has 0 radical (unpaired) electrons. The number of ketones is 1. The van der Waals surface area contributed by atoms with E-state index in [1.807, 2.05) is 13.8 Å². The van der Waals surface area contributed by atoms with Crippen molar-refractivity contribution in [3.63, 3.8) is 0 Å². The predicted octanol–water partition coefficient (Wildman–Crippen LogP) is 2.80. The quantitative estimate of drug-likeness (QED) is 0.139. The fourth-order valence-electron chi connectivity index (χ4n) is 3.03. The van der Waals surface area contributed by atoms with Crippen LogP contribution in [0.1, 0.15) is 58.8 Å². The lowest BCUT2D eigenvalue weighted by Crippen LogP contribution is -2.27. The maximum atomic E-state index is 11.8. The van der Waals surface area contributed by atoms with E-state index >= 15 is 0 Å². The Kier molecular flexibility index (Phi) is 28.5. The minimum absolute atomic E-state index is 0.000555. The van der Waals surface area contributed by atoms with Gasteiger partial charge in [0.05, 0.1) is 72.7 Å². The summed E-state index contributed by atoms with van der Waals surface area (Å²) in [6, 6.07) is 0. The third-order valence-electron chi connectivity index (χ3n) is 5.32. The van der Waals surface area contributed by atoms with Gasteiger partial charge in [-0.3, -0.25) is 9.59 Å². The molecule has 0 aromatic heterocycles. The molecule has 1 N–H and O–H groups in total. The Bertz CT molecular complexity index is 506. The van der Waals surface area contributed by atoms with Gasteiger partial charge in [-0.2, -0.15) is 0 Å². The number of carbonyl (C=O) groups excluding carboxylic acids is 2. The van der Waals surface area contributed by atoms with E-state index in [2.05, 4.69) is 5.32 Å². The predicted molar refractivity (Wildman–Crippen MR) is 142 cm³/mol. The molecule has 0 bridgehead atoms. The van der Waals surface area contributed by atoms with Crippen LogP contribution in [0.2, 0.25) is 0 Å². The van der Waals surface area contributed by atoms with E-state index < -0.39 is 0 Å². The molecule has 0 aliphatic carbocycles. The van der Waals surface area contributed by atoms with Crippen LogP contribution in [-0.4, -0.2) is 111 Å². The monoisotopic (exact) mass is 535 g/mol. The Morgan fingerprint density at radius 3 is 1.49 bits per heavy atom. The summed E-state index contributed by atoms with van der Waals surface area (Å²) in [5, 5.41) is 2.89. The molecule has 1 amide bonds. The molecule has 0 rings (SSSR count). The number of nitrogens with one attached hydrogen (secondary N) is 1. The first-order chi connectivity index (χ1) is 18.1. The van der Waals surface area contributed by atoms with Crippen LogP contribution in [-0.2, 0) is 42.7 Å². The number of ether oxygens (including phenoxy) is 7. The van der Waals surface area contributed by atoms with E-state index in [9.17, 15) is 9.59 Å². The lowest BCUT2D eigenvalue weighted by molar-refractivity contribution is -0.127. The molecule has 37 heavy (non-hydrogen) atoms. The molecule has 0 spiro atoms. The molecule has 10 nitrogen and oxygen atoms in total. The molecule has 0 fully saturated rings. The Balaban J connectivity index is 3.15. The minimum Gasteiger partial charge on any atom is -0.385 e. The van der Waals surface area contributed by atoms with Gasteiger partial charge >= 0.3 is 0 Å². The summed E-state index contributed by atoms with van der Waals surface area (Å²) in [5.74, 6) is 0.190. The smallest absolute Gasteiger partial charge is 0.220 e. The van der Waals surface area contributed by atoms with E-state index in [0.717, 1.165) is 25.9 Å². The maximum absolute atomic E-state index is 11.8. The second-order valence-electron chi connectivity index (χ2n) is 8.95. The summed E-state index contributed by atoms with van der Waals surface area (Å²) in [5.41, 5.74) is 0. The molecule has 0 aliphatic heterocycles. The van der Waals surface area contributed by atoms with Crippen LogP contribution in [0.5, 0.6) is 0 Å². The van der Waals surface area contributed by atoms with Crippen molar-refractivity contribution in [3.05, 3.63) is 0 Å². The third-order valence-corrected chi connectivity index (χ3v) is 5.32. The maximum Gasteiger partial charge on any atom is 0.220 e. The number of Topliss-reactive ketones (excluding diaryl/α,β-unsaturated/α-hetero) is 1. The summed E-state index contributed by atoms with van der Waals surface area (Å²) < 4.78 is 37.4. The zero-order valence-electron chi connectivity index (χ0n) is 23.6. The van der Waals surface area contributed by atoms with Crippen LogP contribution in [0, 0.1) is 5.92 Å². The van der Waals surface area contributed by atoms with E-state index in [1.54, 1.807) is 7.11 Å². The molecule has 0 aromatic carbocycles. The average molecular weight is 536 g/mol. The Morgan fingerprint density at radius 1 is 0.568 bits per heavy atom. The fourth-order valence-corrected chi connectivity index (χ4v) is 3.03. The Morgan fingerprint density at radius 2 is 1.00 bits per heavy atom. The standard InChI is InChI=1S/C27H53NO9/c1-25(2)26(29)24-37-23-22-36-21-20-35-19-18-34-17-16-33-15-14-32-13-11-28-27(30)10-8-6-4-5-7-9-12-31-3/h25H,4-24H2,1-3H3,(H,28,30). The lowest BCUT2D eigenvalue weighted by atomic mass is 10.1. The van der Waals surface area contributed by atoms with Gasteiger partial charge in [-0.15, -0.1) is 0 Å². The SMILES string of the molecule is COCCCCCCCCC(=O)NCCOCCOCCOCCOCCOCCOCC(=O)C(C)C. The third kappa shape index (κ3) is 29.3. The molecule has 0 heterocycles. The van der Waals surface area contributed by atoms with Crippen LogP contribution in [0.3, 0.4) is 0 Å². The first kappa shape index (κ1) is 35.9. The summed E-state index contributed by atoms with van der Waals surface area (Å²) in [6.07, 6.45) is 7.32. The number of hydrogen-bond donors (Lipinski definition) is 1. The largest absolute Gasteiger partial charge is 0.385 e. The highest BCUT2D eigenvalue weighted by molar-refractivity contribution is 5.81. The first-order valence-corrected chi connectivity index (χ1v) is 13.8. The minimum atomic E-state index is 0.000555. The summed E-state index contributed by atoms with van der Waals surface area (Å²) in [4.78, 5) is 23.2. The highest BCUT2D eigenvalue weighted by Gasteiger charge is 2.06. The molecule has 0 aromatic rings. The second kappa shape index (κ2) is 29.4. The van der Waals surface area contributed by atoms with Crippen LogP contribution in [0.4, 0.5) is 0 Å². The molecule has 10 heteroatoms. The van der Waals surface area contributed by atoms with E-state index in [-0.39, 0.29) is 24.2 Å². The average Bonchev–Trinajstić information content (AvgIpc) is 2.88. The van der Waals surface area contributed by atoms with Crippen LogP contribution in [0.25, 0.3) is 0 Å². The van der Waals surface area contributed by atoms with Crippen LogP contribution in [0.15, 0.2) is 0 Å². The van der Waals surface area contributed by atoms with Crippen molar-refractivity contribution >= 4 is 11.7 Å². The summed E-state index contributed by atoms with van der Waals surface area (Å²) in [7, 11) is 1.73. The van der Waals surface area contributed by atoms with Gasteiger partial charge in [-0.1, -0.05) is 39.5 Å². The lowest BCUT2D eigenvalue weighted by Gasteiger charge is -2.09. The van der Waals surface area contributed by atoms with E-state index in [4.69, 9.17) is 33.2 Å². The van der Waals surface area contributed by atoms with Crippen LogP contribution < -0.4 is 5.32 Å². The molecule has 0 unspecified atom stereocenters. The number of amides is 1. The molecule has 0 saturated heterocycles. The molecule has 0 saturated carbocycles. The molecule has 0 aliphatic rings. The number of methoxy groups -OCH3 is 1. The van der Waals surface area contributed by atoms with Crippen molar-refractivity contribution in [2.24, 2.45) is 5.92 Å². The van der Waals surface area contributed by atoms with Gasteiger partial charge in [0.15, 0.2) is 5.78 Å². The summed E-state index contributed by atoms with van der Waals surface area (Å²) in [6.45, 7) is 10.5. The topological polar surface area (TPSA) is 111 Å². The van der Waals surface area contributed by atoms with Gasteiger partial charge in [0.1, 0.15) is 6.61 Å². The van der Waals surface area contributed by atoms with E-state index in [0.29, 0.717) is 85.6 Å². The van der Waals surface area contributed by atoms with Gasteiger partial charge in [0.25, 0.3) is 0 Å². The highest BCUT2D eigenvalue weighted by atomic mass is 16.6. The van der Waals surface area contributed by atoms with Crippen molar-refractivity contribution in [2.75, 3.05) is 99.5 Å². The zero-order valence-corrected chi connectivity index (χ0v) is 23.6. The van der Waals surface area contributed by atoms with Crippen molar-refractivity contribution < 1.29 is 42.7 Å². The Labute approximate surface area is 224 Å². The molecular weight excluding hydrogens is 482 g/mol. The van der Waals surface area contributed by atoms with Gasteiger partial charge in [-0.05, 0) is 12.8 Å². The van der Waals surface area contributed by atoms with Gasteiger partial charge in [-0.25, -0.2) is 0 Å².